The zero-order chi connectivity index (χ0) is 10.7. The molecule has 0 aliphatic carbocycles. The van der Waals surface area contributed by atoms with Gasteiger partial charge >= 0.3 is 0 Å². The maximum atomic E-state index is 5.93. The Morgan fingerprint density at radius 2 is 1.60 bits per heavy atom. The Bertz CT molecular complexity index is 446. The second kappa shape index (κ2) is 4.69. The largest absolute Gasteiger partial charge is 0.122 e. The monoisotopic (exact) mass is 236 g/mol. The van der Waals surface area contributed by atoms with Crippen LogP contribution < -0.4 is 0 Å². The molecule has 2 aromatic rings. The van der Waals surface area contributed by atoms with Gasteiger partial charge in [-0.1, -0.05) is 48.0 Å². The summed E-state index contributed by atoms with van der Waals surface area (Å²) in [6.45, 7) is 0. The van der Waals surface area contributed by atoms with E-state index in [1.807, 2.05) is 36.4 Å². The molecular formula is C13H10Cl2. The maximum absolute atomic E-state index is 5.93. The van der Waals surface area contributed by atoms with Crippen molar-refractivity contribution in [2.24, 2.45) is 0 Å². The van der Waals surface area contributed by atoms with E-state index in [1.165, 1.54) is 0 Å². The zero-order valence-corrected chi connectivity index (χ0v) is 9.59. The predicted molar refractivity (Wildman–Crippen MR) is 66.4 cm³/mol. The smallest absolute Gasteiger partial charge is 0.0474 e. The Morgan fingerprint density at radius 1 is 0.867 bits per heavy atom. The van der Waals surface area contributed by atoms with Gasteiger partial charge in [0.2, 0.25) is 0 Å². The minimum atomic E-state index is 0.551. The molecule has 0 heterocycles. The second-order valence-electron chi connectivity index (χ2n) is 3.34. The molecular weight excluding hydrogens is 227 g/mol. The van der Waals surface area contributed by atoms with Crippen LogP contribution >= 0.6 is 23.2 Å². The van der Waals surface area contributed by atoms with Crippen molar-refractivity contribution in [3.05, 3.63) is 59.1 Å². The van der Waals surface area contributed by atoms with Crippen LogP contribution in [0.25, 0.3) is 11.1 Å². The molecule has 0 amide bonds. The molecule has 0 radical (unpaired) electrons. The van der Waals surface area contributed by atoms with E-state index in [9.17, 15) is 0 Å². The molecule has 0 saturated carbocycles. The summed E-state index contributed by atoms with van der Waals surface area (Å²) in [4.78, 5) is 0. The summed E-state index contributed by atoms with van der Waals surface area (Å²) in [5.41, 5.74) is 3.41. The van der Waals surface area contributed by atoms with Gasteiger partial charge in [0, 0.05) is 10.9 Å². The number of alkyl halides is 1. The average Bonchev–Trinajstić information content (AvgIpc) is 2.29. The van der Waals surface area contributed by atoms with Gasteiger partial charge < -0.3 is 0 Å². The van der Waals surface area contributed by atoms with Gasteiger partial charge in [-0.3, -0.25) is 0 Å². The number of hydrogen-bond donors (Lipinski definition) is 0. The Balaban J connectivity index is 2.37. The Labute approximate surface area is 99.5 Å². The van der Waals surface area contributed by atoms with E-state index < -0.39 is 0 Å². The van der Waals surface area contributed by atoms with Crippen LogP contribution in [0.1, 0.15) is 5.56 Å². The van der Waals surface area contributed by atoms with Crippen LogP contribution in [-0.2, 0) is 5.88 Å². The molecule has 76 valence electrons. The van der Waals surface area contributed by atoms with Crippen molar-refractivity contribution in [1.29, 1.82) is 0 Å². The maximum Gasteiger partial charge on any atom is 0.0474 e. The minimum Gasteiger partial charge on any atom is -0.122 e. The Hall–Kier alpha value is -0.980. The first-order valence-corrected chi connectivity index (χ1v) is 5.62. The Morgan fingerprint density at radius 3 is 2.20 bits per heavy atom. The van der Waals surface area contributed by atoms with E-state index >= 15 is 0 Å². The summed E-state index contributed by atoms with van der Waals surface area (Å²) in [6, 6.07) is 16.0. The molecule has 0 aliphatic heterocycles. The lowest BCUT2D eigenvalue weighted by Crippen LogP contribution is -1.80. The van der Waals surface area contributed by atoms with Gasteiger partial charge in [0.05, 0.1) is 0 Å². The second-order valence-corrected chi connectivity index (χ2v) is 4.04. The molecule has 2 rings (SSSR count). The third-order valence-corrected chi connectivity index (χ3v) is 2.81. The molecule has 0 N–H and O–H groups in total. The molecule has 0 atom stereocenters. The number of hydrogen-bond acceptors (Lipinski definition) is 0. The summed E-state index contributed by atoms with van der Waals surface area (Å²) in [6.07, 6.45) is 0. The lowest BCUT2D eigenvalue weighted by Gasteiger charge is -2.03. The van der Waals surface area contributed by atoms with Crippen molar-refractivity contribution in [3.8, 4) is 11.1 Å². The highest BCUT2D eigenvalue weighted by Crippen LogP contribution is 2.23. The molecule has 0 nitrogen and oxygen atoms in total. The molecule has 0 spiro atoms. The fraction of sp³-hybridized carbons (Fsp3) is 0.0769. The Kier molecular flexibility index (Phi) is 3.30. The van der Waals surface area contributed by atoms with Crippen LogP contribution in [0.5, 0.6) is 0 Å². The van der Waals surface area contributed by atoms with Gasteiger partial charge in [0.25, 0.3) is 0 Å². The lowest BCUT2D eigenvalue weighted by atomic mass is 10.0. The summed E-state index contributed by atoms with van der Waals surface area (Å²) >= 11 is 11.7. The quantitative estimate of drug-likeness (QED) is 0.661. The lowest BCUT2D eigenvalue weighted by molar-refractivity contribution is 1.40. The fourth-order valence-corrected chi connectivity index (χ4v) is 1.82. The molecule has 0 unspecified atom stereocenters. The van der Waals surface area contributed by atoms with Crippen molar-refractivity contribution < 1.29 is 0 Å². The van der Waals surface area contributed by atoms with Crippen LogP contribution in [-0.4, -0.2) is 0 Å². The third kappa shape index (κ3) is 2.53. The molecule has 0 saturated heterocycles. The molecule has 2 heteroatoms. The molecule has 0 fully saturated rings. The fourth-order valence-electron chi connectivity index (χ4n) is 1.45. The van der Waals surface area contributed by atoms with Crippen LogP contribution in [0.3, 0.4) is 0 Å². The molecule has 0 aliphatic rings. The highest BCUT2D eigenvalue weighted by molar-refractivity contribution is 6.30. The predicted octanol–water partition coefficient (Wildman–Crippen LogP) is 4.75. The first kappa shape index (κ1) is 10.5. The molecule has 15 heavy (non-hydrogen) atoms. The minimum absolute atomic E-state index is 0.551. The van der Waals surface area contributed by atoms with E-state index in [1.54, 1.807) is 0 Å². The normalized spacial score (nSPS) is 10.3. The first-order valence-electron chi connectivity index (χ1n) is 4.70. The summed E-state index contributed by atoms with van der Waals surface area (Å²) in [5.74, 6) is 0.551. The van der Waals surface area contributed by atoms with Gasteiger partial charge in [-0.2, -0.15) is 0 Å². The number of rotatable bonds is 2. The van der Waals surface area contributed by atoms with Crippen molar-refractivity contribution in [2.45, 2.75) is 5.88 Å². The highest BCUT2D eigenvalue weighted by Gasteiger charge is 1.98. The molecule has 2 aromatic carbocycles. The van der Waals surface area contributed by atoms with Crippen molar-refractivity contribution in [3.63, 3.8) is 0 Å². The van der Waals surface area contributed by atoms with Gasteiger partial charge in [0.15, 0.2) is 0 Å². The van der Waals surface area contributed by atoms with Gasteiger partial charge in [-0.05, 0) is 28.8 Å². The summed E-state index contributed by atoms with van der Waals surface area (Å²) in [7, 11) is 0. The SMILES string of the molecule is ClCc1ccc(-c2cccc(Cl)c2)cc1. The topological polar surface area (TPSA) is 0 Å². The van der Waals surface area contributed by atoms with Crippen molar-refractivity contribution >= 4 is 23.2 Å². The van der Waals surface area contributed by atoms with Crippen molar-refractivity contribution in [1.82, 2.24) is 0 Å². The first-order chi connectivity index (χ1) is 7.29. The van der Waals surface area contributed by atoms with E-state index in [2.05, 4.69) is 12.1 Å². The highest BCUT2D eigenvalue weighted by atomic mass is 35.5. The standard InChI is InChI=1S/C13H10Cl2/c14-9-10-4-6-11(7-5-10)12-2-1-3-13(15)8-12/h1-8H,9H2. The van der Waals surface area contributed by atoms with Crippen LogP contribution in [0, 0.1) is 0 Å². The summed E-state index contributed by atoms with van der Waals surface area (Å²) in [5, 5.41) is 0.758. The van der Waals surface area contributed by atoms with E-state index in [0.717, 1.165) is 21.7 Å². The van der Waals surface area contributed by atoms with Gasteiger partial charge in [-0.15, -0.1) is 11.6 Å². The number of halogens is 2. The van der Waals surface area contributed by atoms with Crippen LogP contribution in [0.2, 0.25) is 5.02 Å². The van der Waals surface area contributed by atoms with Gasteiger partial charge in [0.1, 0.15) is 0 Å². The average molecular weight is 237 g/mol. The van der Waals surface area contributed by atoms with E-state index in [-0.39, 0.29) is 0 Å². The van der Waals surface area contributed by atoms with E-state index in [4.69, 9.17) is 23.2 Å². The molecule has 0 bridgehead atoms. The molecule has 0 aromatic heterocycles. The van der Waals surface area contributed by atoms with Crippen LogP contribution in [0.15, 0.2) is 48.5 Å². The van der Waals surface area contributed by atoms with Crippen LogP contribution in [0.4, 0.5) is 0 Å². The van der Waals surface area contributed by atoms with Crippen molar-refractivity contribution in [2.75, 3.05) is 0 Å². The van der Waals surface area contributed by atoms with E-state index in [0.29, 0.717) is 5.88 Å². The summed E-state index contributed by atoms with van der Waals surface area (Å²) < 4.78 is 0. The number of benzene rings is 2. The van der Waals surface area contributed by atoms with Gasteiger partial charge in [-0.25, -0.2) is 0 Å². The third-order valence-electron chi connectivity index (χ3n) is 2.27. The zero-order valence-electron chi connectivity index (χ0n) is 8.08.